The van der Waals surface area contributed by atoms with Crippen LogP contribution in [-0.2, 0) is 68.3 Å². The maximum Gasteiger partial charge on any atom is 0 e. The second-order valence-electron chi connectivity index (χ2n) is 0. The van der Waals surface area contributed by atoms with Crippen molar-refractivity contribution in [2.24, 2.45) is 0 Å². The van der Waals surface area contributed by atoms with E-state index in [0.29, 0.717) is 0 Å². The van der Waals surface area contributed by atoms with E-state index in [4.69, 9.17) is 0 Å². The molecular formula is AuCrMoNi. The molecule has 0 N–H and O–H groups in total. The average Bonchev–Trinajstić information content (AvgIpc) is 1.00. The Morgan fingerprint density at radius 1 is 1.25 bits per heavy atom. The van der Waals surface area contributed by atoms with Crippen molar-refractivity contribution in [3.8, 4) is 0 Å². The topological polar surface area (TPSA) is 0 Å². The van der Waals surface area contributed by atoms with Crippen molar-refractivity contribution < 1.29 is 68.3 Å². The van der Waals surface area contributed by atoms with Crippen molar-refractivity contribution in [1.29, 1.82) is 0 Å². The zero-order valence-corrected chi connectivity index (χ0v) is 7.87. The summed E-state index contributed by atoms with van der Waals surface area (Å²) in [5.74, 6) is 0. The molecule has 0 unspecified atom stereocenters. The Morgan fingerprint density at radius 2 is 1.25 bits per heavy atom. The van der Waals surface area contributed by atoms with E-state index in [-0.39, 0.29) is 33.9 Å². The predicted molar refractivity (Wildman–Crippen MR) is 0 cm³/mol. The minimum Gasteiger partial charge on any atom is 0 e. The van der Waals surface area contributed by atoms with Crippen LogP contribution in [0.1, 0.15) is 0 Å². The van der Waals surface area contributed by atoms with Gasteiger partial charge in [-0.1, -0.05) is 0 Å². The van der Waals surface area contributed by atoms with Gasteiger partial charge in [0.25, 0.3) is 0 Å². The van der Waals surface area contributed by atoms with Crippen LogP contribution in [0.5, 0.6) is 0 Å². The van der Waals surface area contributed by atoms with Crippen molar-refractivity contribution in [3.63, 3.8) is 0 Å². The zero-order valence-electron chi connectivity index (χ0n) is 1.43. The standard InChI is InChI=1S/Au.Cr.Mo.Ni. The summed E-state index contributed by atoms with van der Waals surface area (Å²) in [6.07, 6.45) is 0. The molecule has 33 valence electrons. The van der Waals surface area contributed by atoms with Gasteiger partial charge in [0.05, 0.1) is 0 Å². The van der Waals surface area contributed by atoms with Crippen molar-refractivity contribution in [3.05, 3.63) is 0 Å². The smallest absolute Gasteiger partial charge is 0 e. The summed E-state index contributed by atoms with van der Waals surface area (Å²) >= 11 is 4.18. The molecule has 0 nitrogen and oxygen atoms in total. The summed E-state index contributed by atoms with van der Waals surface area (Å²) in [6, 6.07) is 0. The molecule has 0 amide bonds. The van der Waals surface area contributed by atoms with E-state index in [9.17, 15) is 0 Å². The quantitative estimate of drug-likeness (QED) is 0.499. The third-order valence-electron chi connectivity index (χ3n) is 0. The van der Waals surface area contributed by atoms with Gasteiger partial charge in [0.2, 0.25) is 0 Å². The fraction of sp³-hybridized carbons (Fsp3) is 0. The third-order valence-corrected chi connectivity index (χ3v) is 0. The van der Waals surface area contributed by atoms with Crippen LogP contribution < -0.4 is 0 Å². The first-order chi connectivity index (χ1) is 1.00. The Morgan fingerprint density at radius 3 is 1.25 bits per heavy atom. The molecule has 0 atom stereocenters. The molecule has 0 aliphatic heterocycles. The van der Waals surface area contributed by atoms with Crippen LogP contribution in [0.3, 0.4) is 0 Å². The second kappa shape index (κ2) is 18.0. The Labute approximate surface area is 67.3 Å². The van der Waals surface area contributed by atoms with E-state index in [0.717, 1.165) is 0 Å². The van der Waals surface area contributed by atoms with Gasteiger partial charge in [-0.05, 0) is 0 Å². The Balaban J connectivity index is -0.00000000500. The summed E-state index contributed by atoms with van der Waals surface area (Å²) in [4.78, 5) is 0. The fourth-order valence-electron chi connectivity index (χ4n) is 0. The summed E-state index contributed by atoms with van der Waals surface area (Å²) < 4.78 is 0. The summed E-state index contributed by atoms with van der Waals surface area (Å²) in [6.45, 7) is 0. The van der Waals surface area contributed by atoms with Crippen LogP contribution in [0.2, 0.25) is 0 Å². The predicted octanol–water partition coefficient (Wildman–Crippen LogP) is -0.0100. The second-order valence-corrected chi connectivity index (χ2v) is 0. The van der Waals surface area contributed by atoms with Gasteiger partial charge < -0.3 is 0 Å². The molecule has 0 aromatic carbocycles. The van der Waals surface area contributed by atoms with Gasteiger partial charge in [-0.3, -0.25) is 0 Å². The molecule has 0 aromatic rings. The van der Waals surface area contributed by atoms with Gasteiger partial charge in [0.1, 0.15) is 0 Å². The average molecular weight is 404 g/mol. The summed E-state index contributed by atoms with van der Waals surface area (Å²) in [5, 5.41) is 0. The maximum atomic E-state index is 2.29. The van der Waals surface area contributed by atoms with Crippen molar-refractivity contribution in [2.45, 2.75) is 0 Å². The maximum absolute atomic E-state index is 2.29. The van der Waals surface area contributed by atoms with E-state index in [1.807, 2.05) is 16.5 Å². The monoisotopic (exact) mass is 405 g/mol. The molecule has 0 saturated carbocycles. The summed E-state index contributed by atoms with van der Waals surface area (Å²) in [5.41, 5.74) is 0. The Kier molecular flexibility index (Phi) is 72.3. The van der Waals surface area contributed by atoms with E-state index in [1.165, 1.54) is 0 Å². The van der Waals surface area contributed by atoms with E-state index < -0.39 is 0 Å². The van der Waals surface area contributed by atoms with Gasteiger partial charge in [0, 0.05) is 33.9 Å². The normalized spacial score (nSPS) is 1.50. The molecule has 0 fully saturated rings. The first kappa shape index (κ1) is 16.1. The Hall–Kier alpha value is 2.45. The van der Waals surface area contributed by atoms with E-state index in [1.54, 1.807) is 0 Å². The van der Waals surface area contributed by atoms with Gasteiger partial charge in [-0.25, -0.2) is 0 Å². The molecule has 0 aliphatic rings. The van der Waals surface area contributed by atoms with Crippen molar-refractivity contribution in [1.82, 2.24) is 0 Å². The van der Waals surface area contributed by atoms with Crippen LogP contribution in [-0.4, -0.2) is 0 Å². The number of rotatable bonds is 0. The minimum absolute atomic E-state index is 0. The molecule has 0 heterocycles. The van der Waals surface area contributed by atoms with Gasteiger partial charge >= 0.3 is 34.5 Å². The van der Waals surface area contributed by atoms with E-state index >= 15 is 0 Å². The van der Waals surface area contributed by atoms with Crippen LogP contribution in [0.15, 0.2) is 0 Å². The van der Waals surface area contributed by atoms with Crippen LogP contribution in [0, 0.1) is 0 Å². The molecule has 0 aromatic heterocycles. The Bertz CT molecular complexity index is 8.00. The van der Waals surface area contributed by atoms with Crippen LogP contribution >= 0.6 is 0 Å². The molecule has 0 rings (SSSR count). The fourth-order valence-corrected chi connectivity index (χ4v) is 0. The third kappa shape index (κ3) is 8.82. The molecular weight excluding hydrogens is 404 g/mol. The molecule has 4 heavy (non-hydrogen) atoms. The van der Waals surface area contributed by atoms with Gasteiger partial charge in [-0.2, -0.15) is 0 Å². The van der Waals surface area contributed by atoms with Crippen LogP contribution in [0.25, 0.3) is 0 Å². The summed E-state index contributed by atoms with van der Waals surface area (Å²) in [7, 11) is 0. The molecule has 0 radical (unpaired) electrons. The molecule has 0 aliphatic carbocycles. The van der Waals surface area contributed by atoms with Crippen molar-refractivity contribution in [2.75, 3.05) is 0 Å². The molecule has 0 spiro atoms. The van der Waals surface area contributed by atoms with Crippen molar-refractivity contribution >= 4 is 0 Å². The first-order valence-corrected chi connectivity index (χ1v) is 5.96. The molecule has 4 heteroatoms. The molecule has 0 bridgehead atoms. The zero-order chi connectivity index (χ0) is 2.00. The largest absolute Gasteiger partial charge is 0 e. The SMILES string of the molecule is [Cr].[Mo][Au].[Ni]. The molecule has 0 saturated heterocycles. The number of hydrogen-bond acceptors (Lipinski definition) is 0. The number of hydrogen-bond donors (Lipinski definition) is 0. The minimum atomic E-state index is 0. The van der Waals surface area contributed by atoms with E-state index in [2.05, 4.69) is 18.0 Å². The van der Waals surface area contributed by atoms with Gasteiger partial charge in [-0.15, -0.1) is 0 Å². The first-order valence-electron chi connectivity index (χ1n) is 0.123. The van der Waals surface area contributed by atoms with Gasteiger partial charge in [0.15, 0.2) is 0 Å². The van der Waals surface area contributed by atoms with Crippen LogP contribution in [0.4, 0.5) is 0 Å².